The van der Waals surface area contributed by atoms with E-state index in [0.29, 0.717) is 18.1 Å². The molecule has 0 spiro atoms. The lowest BCUT2D eigenvalue weighted by Gasteiger charge is -2.24. The Morgan fingerprint density at radius 1 is 1.23 bits per heavy atom. The number of rotatable bonds is 7. The van der Waals surface area contributed by atoms with E-state index in [0.717, 1.165) is 6.61 Å². The van der Waals surface area contributed by atoms with Crippen molar-refractivity contribution in [3.8, 4) is 0 Å². The minimum atomic E-state index is 0.338. The molecule has 80 valence electrons. The van der Waals surface area contributed by atoms with Gasteiger partial charge in [-0.1, -0.05) is 20.3 Å². The van der Waals surface area contributed by atoms with Gasteiger partial charge in [0.2, 0.25) is 0 Å². The Kier molecular flexibility index (Phi) is 7.29. The molecule has 0 aromatic heterocycles. The molecule has 0 fully saturated rings. The van der Waals surface area contributed by atoms with Gasteiger partial charge in [0.15, 0.2) is 0 Å². The van der Waals surface area contributed by atoms with E-state index in [1.165, 1.54) is 12.8 Å². The van der Waals surface area contributed by atoms with E-state index in [2.05, 4.69) is 33.0 Å². The van der Waals surface area contributed by atoms with Crippen molar-refractivity contribution < 1.29 is 4.74 Å². The molecule has 2 nitrogen and oxygen atoms in total. The zero-order valence-corrected chi connectivity index (χ0v) is 9.76. The second kappa shape index (κ2) is 7.34. The number of hydrogen-bond acceptors (Lipinski definition) is 2. The van der Waals surface area contributed by atoms with E-state index < -0.39 is 0 Å². The summed E-state index contributed by atoms with van der Waals surface area (Å²) in [6, 6.07) is 0.502. The highest BCUT2D eigenvalue weighted by atomic mass is 16.5. The predicted molar refractivity (Wildman–Crippen MR) is 58.0 cm³/mol. The predicted octanol–water partition coefficient (Wildman–Crippen LogP) is 2.44. The third kappa shape index (κ3) is 6.05. The summed E-state index contributed by atoms with van der Waals surface area (Å²) in [5.41, 5.74) is 0. The first-order chi connectivity index (χ1) is 6.11. The summed E-state index contributed by atoms with van der Waals surface area (Å²) in [5, 5.41) is 3.32. The van der Waals surface area contributed by atoms with Crippen molar-refractivity contribution in [2.75, 3.05) is 13.7 Å². The molecule has 0 radical (unpaired) electrons. The molecule has 2 atom stereocenters. The fourth-order valence-electron chi connectivity index (χ4n) is 1.48. The minimum Gasteiger partial charge on any atom is -0.377 e. The van der Waals surface area contributed by atoms with Gasteiger partial charge < -0.3 is 10.1 Å². The summed E-state index contributed by atoms with van der Waals surface area (Å²) in [6.07, 6.45) is 2.86. The first-order valence-corrected chi connectivity index (χ1v) is 5.40. The van der Waals surface area contributed by atoms with Crippen molar-refractivity contribution in [1.82, 2.24) is 5.32 Å². The summed E-state index contributed by atoms with van der Waals surface area (Å²) in [5.74, 6) is 0.703. The smallest absolute Gasteiger partial charge is 0.0625 e. The van der Waals surface area contributed by atoms with Gasteiger partial charge in [-0.05, 0) is 33.2 Å². The van der Waals surface area contributed by atoms with Crippen molar-refractivity contribution in [2.24, 2.45) is 5.92 Å². The van der Waals surface area contributed by atoms with E-state index in [4.69, 9.17) is 4.74 Å². The molecule has 0 saturated carbocycles. The molecule has 0 aliphatic carbocycles. The molecule has 0 bridgehead atoms. The molecule has 2 heteroatoms. The molecule has 0 amide bonds. The molecule has 0 heterocycles. The van der Waals surface area contributed by atoms with Crippen molar-refractivity contribution in [3.63, 3.8) is 0 Å². The van der Waals surface area contributed by atoms with Crippen molar-refractivity contribution in [1.29, 1.82) is 0 Å². The third-order valence-corrected chi connectivity index (χ3v) is 2.41. The highest BCUT2D eigenvalue weighted by molar-refractivity contribution is 4.71. The number of hydrogen-bond donors (Lipinski definition) is 1. The molecule has 0 saturated heterocycles. The first-order valence-electron chi connectivity index (χ1n) is 5.40. The van der Waals surface area contributed by atoms with Gasteiger partial charge in [0.25, 0.3) is 0 Å². The topological polar surface area (TPSA) is 21.3 Å². The quantitative estimate of drug-likeness (QED) is 0.661. The normalized spacial score (nSPS) is 16.2. The lowest BCUT2D eigenvalue weighted by molar-refractivity contribution is 0.0508. The zero-order valence-electron chi connectivity index (χ0n) is 9.76. The van der Waals surface area contributed by atoms with Crippen LogP contribution in [-0.4, -0.2) is 25.8 Å². The molecule has 1 N–H and O–H groups in total. The Labute approximate surface area is 83.1 Å². The summed E-state index contributed by atoms with van der Waals surface area (Å²) in [7, 11) is 2.01. The van der Waals surface area contributed by atoms with Crippen LogP contribution in [0.15, 0.2) is 0 Å². The molecule has 0 rings (SSSR count). The second-order valence-corrected chi connectivity index (χ2v) is 4.04. The van der Waals surface area contributed by atoms with Crippen LogP contribution in [0.1, 0.15) is 40.5 Å². The maximum atomic E-state index is 5.60. The summed E-state index contributed by atoms with van der Waals surface area (Å²) < 4.78 is 5.60. The standard InChI is InChI=1S/C11H25NO/c1-6-7-10(4)11(12-5)8-13-9(2)3/h9-12H,6-8H2,1-5H3. The molecule has 0 aliphatic heterocycles. The van der Waals surface area contributed by atoms with Gasteiger partial charge in [0, 0.05) is 6.04 Å². The Hall–Kier alpha value is -0.0800. The third-order valence-electron chi connectivity index (χ3n) is 2.41. The Bertz CT molecular complexity index is 115. The Morgan fingerprint density at radius 3 is 2.23 bits per heavy atom. The largest absolute Gasteiger partial charge is 0.377 e. The van der Waals surface area contributed by atoms with E-state index in [1.54, 1.807) is 0 Å². The molecule has 0 aliphatic rings. The molecule has 13 heavy (non-hydrogen) atoms. The lowest BCUT2D eigenvalue weighted by atomic mass is 9.98. The summed E-state index contributed by atoms with van der Waals surface area (Å²) in [4.78, 5) is 0. The SMILES string of the molecule is CCCC(C)C(COC(C)C)NC. The highest BCUT2D eigenvalue weighted by Crippen LogP contribution is 2.11. The van der Waals surface area contributed by atoms with Crippen LogP contribution < -0.4 is 5.32 Å². The minimum absolute atomic E-state index is 0.338. The molecule has 0 aromatic carbocycles. The first kappa shape index (κ1) is 12.9. The van der Waals surface area contributed by atoms with Crippen LogP contribution in [0.3, 0.4) is 0 Å². The lowest BCUT2D eigenvalue weighted by Crippen LogP contribution is -2.37. The number of ether oxygens (including phenoxy) is 1. The van der Waals surface area contributed by atoms with Crippen LogP contribution in [0.2, 0.25) is 0 Å². The zero-order chi connectivity index (χ0) is 10.3. The van der Waals surface area contributed by atoms with Gasteiger partial charge in [-0.15, -0.1) is 0 Å². The maximum Gasteiger partial charge on any atom is 0.0625 e. The van der Waals surface area contributed by atoms with Gasteiger partial charge >= 0.3 is 0 Å². The van der Waals surface area contributed by atoms with Gasteiger partial charge in [0.05, 0.1) is 12.7 Å². The molecule has 2 unspecified atom stereocenters. The summed E-state index contributed by atoms with van der Waals surface area (Å²) >= 11 is 0. The van der Waals surface area contributed by atoms with Crippen LogP contribution >= 0.6 is 0 Å². The van der Waals surface area contributed by atoms with Crippen molar-refractivity contribution >= 4 is 0 Å². The van der Waals surface area contributed by atoms with Crippen LogP contribution in [0.5, 0.6) is 0 Å². The van der Waals surface area contributed by atoms with E-state index in [1.807, 2.05) is 7.05 Å². The highest BCUT2D eigenvalue weighted by Gasteiger charge is 2.14. The average Bonchev–Trinajstić information content (AvgIpc) is 2.05. The average molecular weight is 187 g/mol. The van der Waals surface area contributed by atoms with E-state index >= 15 is 0 Å². The Morgan fingerprint density at radius 2 is 1.85 bits per heavy atom. The van der Waals surface area contributed by atoms with Crippen LogP contribution in [-0.2, 0) is 4.74 Å². The second-order valence-electron chi connectivity index (χ2n) is 4.04. The molecular weight excluding hydrogens is 162 g/mol. The van der Waals surface area contributed by atoms with Gasteiger partial charge in [0.1, 0.15) is 0 Å². The van der Waals surface area contributed by atoms with E-state index in [9.17, 15) is 0 Å². The fraction of sp³-hybridized carbons (Fsp3) is 1.00. The van der Waals surface area contributed by atoms with Gasteiger partial charge in [-0.25, -0.2) is 0 Å². The van der Waals surface area contributed by atoms with Crippen molar-refractivity contribution in [3.05, 3.63) is 0 Å². The Balaban J connectivity index is 3.73. The van der Waals surface area contributed by atoms with Crippen molar-refractivity contribution in [2.45, 2.75) is 52.7 Å². The van der Waals surface area contributed by atoms with Crippen LogP contribution in [0.25, 0.3) is 0 Å². The molecular formula is C11H25NO. The van der Waals surface area contributed by atoms with Gasteiger partial charge in [-0.2, -0.15) is 0 Å². The van der Waals surface area contributed by atoms with Crippen LogP contribution in [0.4, 0.5) is 0 Å². The summed E-state index contributed by atoms with van der Waals surface area (Å²) in [6.45, 7) is 9.50. The van der Waals surface area contributed by atoms with Gasteiger partial charge in [-0.3, -0.25) is 0 Å². The number of nitrogens with one attached hydrogen (secondary N) is 1. The fourth-order valence-corrected chi connectivity index (χ4v) is 1.48. The maximum absolute atomic E-state index is 5.60. The monoisotopic (exact) mass is 187 g/mol. The number of likely N-dealkylation sites (N-methyl/N-ethyl adjacent to an activating group) is 1. The van der Waals surface area contributed by atoms with E-state index in [-0.39, 0.29) is 0 Å². The molecule has 0 aromatic rings. The van der Waals surface area contributed by atoms with Crippen LogP contribution in [0, 0.1) is 5.92 Å².